The van der Waals surface area contributed by atoms with E-state index in [1.165, 1.54) is 31.4 Å². The summed E-state index contributed by atoms with van der Waals surface area (Å²) in [6, 6.07) is 10.6. The Hall–Kier alpha value is -2.54. The maximum Gasteiger partial charge on any atom is 0.255 e. The zero-order chi connectivity index (χ0) is 16.3. The molecule has 6 nitrogen and oxygen atoms in total. The molecule has 0 atom stereocenters. The first-order valence-corrected chi connectivity index (χ1v) is 8.25. The smallest absolute Gasteiger partial charge is 0.255 e. The summed E-state index contributed by atoms with van der Waals surface area (Å²) in [6.07, 6.45) is 1.11. The van der Waals surface area contributed by atoms with Gasteiger partial charge in [0.25, 0.3) is 5.91 Å². The Balaban J connectivity index is 2.19. The van der Waals surface area contributed by atoms with Gasteiger partial charge in [0, 0.05) is 17.9 Å². The van der Waals surface area contributed by atoms with Crippen LogP contribution in [0.15, 0.2) is 47.4 Å². The molecular weight excluding hydrogens is 304 g/mol. The maximum absolute atomic E-state index is 12.1. The first kappa shape index (κ1) is 15.8. The third-order valence-corrected chi connectivity index (χ3v) is 4.18. The van der Waals surface area contributed by atoms with Crippen molar-refractivity contribution in [2.24, 2.45) is 0 Å². The van der Waals surface area contributed by atoms with E-state index in [1.807, 2.05) is 0 Å². The number of anilines is 2. The van der Waals surface area contributed by atoms with Crippen LogP contribution in [0.4, 0.5) is 11.4 Å². The molecule has 0 saturated heterocycles. The molecule has 2 aromatic rings. The van der Waals surface area contributed by atoms with E-state index in [9.17, 15) is 13.2 Å². The average molecular weight is 320 g/mol. The quantitative estimate of drug-likeness (QED) is 0.839. The second-order valence-corrected chi connectivity index (χ2v) is 6.72. The molecule has 0 aliphatic rings. The molecule has 0 radical (unpaired) electrons. The molecule has 0 aliphatic carbocycles. The third kappa shape index (κ3) is 3.56. The number of nitrogens with one attached hydrogen (secondary N) is 1. The lowest BCUT2D eigenvalue weighted by Crippen LogP contribution is -2.13. The minimum atomic E-state index is -3.28. The summed E-state index contributed by atoms with van der Waals surface area (Å²) in [4.78, 5) is 12.3. The summed E-state index contributed by atoms with van der Waals surface area (Å²) in [7, 11) is -1.76. The van der Waals surface area contributed by atoms with E-state index in [0.717, 1.165) is 6.26 Å². The standard InChI is InChI=1S/C15H16N2O4S/c1-21-11-5-8-14(13(16)9-11)17-15(18)10-3-6-12(7-4-10)22(2,19)20/h3-9H,16H2,1-2H3,(H,17,18). The minimum absolute atomic E-state index is 0.160. The Labute approximate surface area is 128 Å². The molecule has 0 aromatic heterocycles. The highest BCUT2D eigenvalue weighted by atomic mass is 32.2. The van der Waals surface area contributed by atoms with Crippen molar-refractivity contribution < 1.29 is 17.9 Å². The van der Waals surface area contributed by atoms with E-state index < -0.39 is 9.84 Å². The number of nitrogens with two attached hydrogens (primary N) is 1. The van der Waals surface area contributed by atoms with E-state index in [2.05, 4.69) is 5.32 Å². The molecule has 0 saturated carbocycles. The van der Waals surface area contributed by atoms with Crippen LogP contribution in [0.25, 0.3) is 0 Å². The van der Waals surface area contributed by atoms with Crippen LogP contribution in [0.5, 0.6) is 5.75 Å². The van der Waals surface area contributed by atoms with E-state index in [4.69, 9.17) is 10.5 Å². The molecule has 2 aromatic carbocycles. The van der Waals surface area contributed by atoms with Crippen LogP contribution in [-0.2, 0) is 9.84 Å². The van der Waals surface area contributed by atoms with Gasteiger partial charge in [0.15, 0.2) is 9.84 Å². The van der Waals surface area contributed by atoms with Gasteiger partial charge >= 0.3 is 0 Å². The number of carbonyl (C=O) groups is 1. The number of hydrogen-bond donors (Lipinski definition) is 2. The summed E-state index contributed by atoms with van der Waals surface area (Å²) in [5, 5.41) is 2.67. The number of rotatable bonds is 4. The van der Waals surface area contributed by atoms with Gasteiger partial charge in [-0.2, -0.15) is 0 Å². The highest BCUT2D eigenvalue weighted by Gasteiger charge is 2.11. The summed E-state index contributed by atoms with van der Waals surface area (Å²) in [6.45, 7) is 0. The molecule has 0 bridgehead atoms. The molecule has 3 N–H and O–H groups in total. The Kier molecular flexibility index (Phi) is 4.37. The number of ether oxygens (including phenoxy) is 1. The monoisotopic (exact) mass is 320 g/mol. The number of benzene rings is 2. The number of carbonyl (C=O) groups excluding carboxylic acids is 1. The predicted molar refractivity (Wildman–Crippen MR) is 84.9 cm³/mol. The Morgan fingerprint density at radius 2 is 1.77 bits per heavy atom. The van der Waals surface area contributed by atoms with Gasteiger partial charge in [-0.3, -0.25) is 4.79 Å². The van der Waals surface area contributed by atoms with Gasteiger partial charge in [0.2, 0.25) is 0 Å². The SMILES string of the molecule is COc1ccc(NC(=O)c2ccc(S(C)(=O)=O)cc2)c(N)c1. The average Bonchev–Trinajstić information content (AvgIpc) is 2.48. The largest absolute Gasteiger partial charge is 0.497 e. The van der Waals surface area contributed by atoms with Crippen molar-refractivity contribution in [3.63, 3.8) is 0 Å². The summed E-state index contributed by atoms with van der Waals surface area (Å²) < 4.78 is 27.8. The second-order valence-electron chi connectivity index (χ2n) is 4.70. The zero-order valence-electron chi connectivity index (χ0n) is 12.2. The lowest BCUT2D eigenvalue weighted by molar-refractivity contribution is 0.102. The molecule has 22 heavy (non-hydrogen) atoms. The van der Waals surface area contributed by atoms with Crippen LogP contribution in [0.2, 0.25) is 0 Å². The Morgan fingerprint density at radius 3 is 2.27 bits per heavy atom. The number of hydrogen-bond acceptors (Lipinski definition) is 5. The topological polar surface area (TPSA) is 98.5 Å². The fourth-order valence-corrected chi connectivity index (χ4v) is 2.46. The first-order chi connectivity index (χ1) is 10.3. The van der Waals surface area contributed by atoms with Gasteiger partial charge in [-0.25, -0.2) is 8.42 Å². The summed E-state index contributed by atoms with van der Waals surface area (Å²) in [5.41, 5.74) is 7.00. The van der Waals surface area contributed by atoms with E-state index in [1.54, 1.807) is 18.2 Å². The highest BCUT2D eigenvalue weighted by Crippen LogP contribution is 2.24. The van der Waals surface area contributed by atoms with Gasteiger partial charge in [0.1, 0.15) is 5.75 Å². The van der Waals surface area contributed by atoms with Crippen molar-refractivity contribution in [2.45, 2.75) is 4.90 Å². The van der Waals surface area contributed by atoms with Crippen molar-refractivity contribution in [1.82, 2.24) is 0 Å². The van der Waals surface area contributed by atoms with E-state index in [0.29, 0.717) is 22.7 Å². The van der Waals surface area contributed by atoms with Crippen molar-refractivity contribution >= 4 is 27.1 Å². The number of nitrogen functional groups attached to an aromatic ring is 1. The van der Waals surface area contributed by atoms with Crippen LogP contribution in [0.1, 0.15) is 10.4 Å². The van der Waals surface area contributed by atoms with Crippen LogP contribution >= 0.6 is 0 Å². The Morgan fingerprint density at radius 1 is 1.14 bits per heavy atom. The zero-order valence-corrected chi connectivity index (χ0v) is 13.0. The maximum atomic E-state index is 12.1. The van der Waals surface area contributed by atoms with Gasteiger partial charge in [-0.15, -0.1) is 0 Å². The molecule has 116 valence electrons. The normalized spacial score (nSPS) is 11.0. The van der Waals surface area contributed by atoms with Gasteiger partial charge < -0.3 is 15.8 Å². The fourth-order valence-electron chi connectivity index (χ4n) is 1.83. The number of methoxy groups -OCH3 is 1. The van der Waals surface area contributed by atoms with Gasteiger partial charge in [-0.05, 0) is 36.4 Å². The van der Waals surface area contributed by atoms with Crippen molar-refractivity contribution in [3.05, 3.63) is 48.0 Å². The van der Waals surface area contributed by atoms with Gasteiger partial charge in [-0.1, -0.05) is 0 Å². The van der Waals surface area contributed by atoms with E-state index in [-0.39, 0.29) is 10.8 Å². The summed E-state index contributed by atoms with van der Waals surface area (Å²) >= 11 is 0. The molecule has 0 fully saturated rings. The molecule has 0 heterocycles. The van der Waals surface area contributed by atoms with Crippen molar-refractivity contribution in [3.8, 4) is 5.75 Å². The van der Waals surface area contributed by atoms with Gasteiger partial charge in [0.05, 0.1) is 23.4 Å². The first-order valence-electron chi connectivity index (χ1n) is 6.36. The number of sulfone groups is 1. The molecule has 0 aliphatic heterocycles. The minimum Gasteiger partial charge on any atom is -0.497 e. The summed E-state index contributed by atoms with van der Waals surface area (Å²) in [5.74, 6) is 0.213. The van der Waals surface area contributed by atoms with E-state index >= 15 is 0 Å². The molecule has 0 unspecified atom stereocenters. The lowest BCUT2D eigenvalue weighted by Gasteiger charge is -2.10. The highest BCUT2D eigenvalue weighted by molar-refractivity contribution is 7.90. The molecule has 2 rings (SSSR count). The van der Waals surface area contributed by atoms with Crippen molar-refractivity contribution in [2.75, 3.05) is 24.4 Å². The fraction of sp³-hybridized carbons (Fsp3) is 0.133. The third-order valence-electron chi connectivity index (χ3n) is 3.05. The Bertz CT molecular complexity index is 799. The second kappa shape index (κ2) is 6.07. The molecule has 7 heteroatoms. The lowest BCUT2D eigenvalue weighted by atomic mass is 10.2. The van der Waals surface area contributed by atoms with Crippen molar-refractivity contribution in [1.29, 1.82) is 0 Å². The van der Waals surface area contributed by atoms with Crippen LogP contribution in [0.3, 0.4) is 0 Å². The number of amides is 1. The molecule has 0 spiro atoms. The van der Waals surface area contributed by atoms with Crippen LogP contribution in [-0.4, -0.2) is 27.7 Å². The molecular formula is C15H16N2O4S. The van der Waals surface area contributed by atoms with Crippen LogP contribution < -0.4 is 15.8 Å². The molecule has 1 amide bonds. The van der Waals surface area contributed by atoms with Crippen LogP contribution in [0, 0.1) is 0 Å². The predicted octanol–water partition coefficient (Wildman–Crippen LogP) is 1.93.